The number of fused-ring (bicyclic) bond motifs is 2. The highest BCUT2D eigenvalue weighted by molar-refractivity contribution is 5.85. The number of halogens is 1. The van der Waals surface area contributed by atoms with Crippen LogP contribution in [0.25, 0.3) is 0 Å². The van der Waals surface area contributed by atoms with E-state index in [2.05, 4.69) is 11.9 Å². The number of ether oxygens (including phenoxy) is 1. The van der Waals surface area contributed by atoms with E-state index >= 15 is 0 Å². The summed E-state index contributed by atoms with van der Waals surface area (Å²) in [5, 5.41) is 10.8. The summed E-state index contributed by atoms with van der Waals surface area (Å²) in [7, 11) is 2.14. The van der Waals surface area contributed by atoms with Crippen LogP contribution in [0.15, 0.2) is 24.3 Å². The number of nitro groups is 1. The van der Waals surface area contributed by atoms with Crippen LogP contribution in [0.3, 0.4) is 0 Å². The van der Waals surface area contributed by atoms with Crippen LogP contribution in [0, 0.1) is 10.1 Å². The van der Waals surface area contributed by atoms with Gasteiger partial charge in [0.2, 0.25) is 0 Å². The van der Waals surface area contributed by atoms with E-state index in [1.54, 1.807) is 12.1 Å². The van der Waals surface area contributed by atoms with E-state index in [1.807, 2.05) is 0 Å². The fourth-order valence-electron chi connectivity index (χ4n) is 3.63. The predicted molar refractivity (Wildman–Crippen MR) is 87.7 cm³/mol. The van der Waals surface area contributed by atoms with Gasteiger partial charge in [0.05, 0.1) is 11.3 Å². The highest BCUT2D eigenvalue weighted by Gasteiger charge is 2.39. The molecule has 0 amide bonds. The summed E-state index contributed by atoms with van der Waals surface area (Å²) in [6.07, 6.45) is 4.23. The number of benzene rings is 1. The Morgan fingerprint density at radius 3 is 2.61 bits per heavy atom. The molecule has 7 heteroatoms. The zero-order chi connectivity index (χ0) is 15.7. The molecule has 1 aromatic carbocycles. The van der Waals surface area contributed by atoms with Crippen molar-refractivity contribution in [2.75, 3.05) is 7.05 Å². The molecule has 126 valence electrons. The van der Waals surface area contributed by atoms with Gasteiger partial charge in [0.15, 0.2) is 0 Å². The van der Waals surface area contributed by atoms with Crippen molar-refractivity contribution in [1.29, 1.82) is 0 Å². The molecule has 0 aliphatic carbocycles. The first-order valence-corrected chi connectivity index (χ1v) is 7.67. The molecule has 0 radical (unpaired) electrons. The van der Waals surface area contributed by atoms with Gasteiger partial charge in [-0.3, -0.25) is 14.9 Å². The second-order valence-electron chi connectivity index (χ2n) is 6.24. The monoisotopic (exact) mass is 340 g/mol. The molecule has 2 aliphatic heterocycles. The summed E-state index contributed by atoms with van der Waals surface area (Å²) in [4.78, 5) is 24.8. The number of hydrogen-bond acceptors (Lipinski definition) is 5. The maximum Gasteiger partial charge on any atom is 0.310 e. The van der Waals surface area contributed by atoms with Crippen molar-refractivity contribution < 1.29 is 14.5 Å². The largest absolute Gasteiger partial charge is 0.462 e. The van der Waals surface area contributed by atoms with Crippen molar-refractivity contribution in [2.24, 2.45) is 0 Å². The summed E-state index contributed by atoms with van der Waals surface area (Å²) in [5.74, 6) is -0.297. The van der Waals surface area contributed by atoms with Gasteiger partial charge in [-0.1, -0.05) is 12.1 Å². The standard InChI is InChI=1S/C16H20N2O4.ClH/c1-17-12-5-6-13(17)10-15(9-12)22-16(19)8-11-3-2-4-14(7-11)18(20)21;/h2-4,7,12-13,15H,5-6,8-10H2,1H3;1H. The van der Waals surface area contributed by atoms with Gasteiger partial charge in [0.1, 0.15) is 6.10 Å². The Kier molecular flexibility index (Phi) is 5.59. The molecule has 2 aliphatic rings. The summed E-state index contributed by atoms with van der Waals surface area (Å²) in [6.45, 7) is 0. The minimum Gasteiger partial charge on any atom is -0.462 e. The molecule has 0 spiro atoms. The Labute approximate surface area is 141 Å². The number of non-ortho nitro benzene ring substituents is 1. The first-order valence-electron chi connectivity index (χ1n) is 7.67. The fraction of sp³-hybridized carbons (Fsp3) is 0.562. The summed E-state index contributed by atoms with van der Waals surface area (Å²) >= 11 is 0. The molecule has 0 aromatic heterocycles. The van der Waals surface area contributed by atoms with Gasteiger partial charge in [0.25, 0.3) is 5.69 Å². The van der Waals surface area contributed by atoms with E-state index in [4.69, 9.17) is 4.74 Å². The lowest BCUT2D eigenvalue weighted by molar-refractivity contribution is -0.384. The van der Waals surface area contributed by atoms with E-state index in [9.17, 15) is 14.9 Å². The van der Waals surface area contributed by atoms with Gasteiger partial charge in [-0.2, -0.15) is 0 Å². The van der Waals surface area contributed by atoms with Gasteiger partial charge < -0.3 is 9.64 Å². The van der Waals surface area contributed by atoms with Crippen LogP contribution in [0.4, 0.5) is 5.69 Å². The lowest BCUT2D eigenvalue weighted by Gasteiger charge is -2.35. The Morgan fingerprint density at radius 2 is 2.00 bits per heavy atom. The zero-order valence-corrected chi connectivity index (χ0v) is 13.8. The minimum atomic E-state index is -0.455. The van der Waals surface area contributed by atoms with Crippen LogP contribution in [-0.4, -0.2) is 41.0 Å². The molecule has 6 nitrogen and oxygen atoms in total. The number of esters is 1. The Morgan fingerprint density at radius 1 is 1.35 bits per heavy atom. The van der Waals surface area contributed by atoms with Crippen molar-refractivity contribution in [2.45, 2.75) is 50.3 Å². The molecule has 0 saturated carbocycles. The van der Waals surface area contributed by atoms with Crippen LogP contribution < -0.4 is 0 Å². The molecule has 2 fully saturated rings. The maximum atomic E-state index is 12.1. The number of hydrogen-bond donors (Lipinski definition) is 0. The Bertz CT molecular complexity index is 581. The predicted octanol–water partition coefficient (Wildman–Crippen LogP) is 2.73. The van der Waals surface area contributed by atoms with Gasteiger partial charge in [-0.05, 0) is 38.3 Å². The Balaban J connectivity index is 0.00000192. The molecule has 3 rings (SSSR count). The molecule has 1 aromatic rings. The van der Waals surface area contributed by atoms with Crippen LogP contribution in [0.2, 0.25) is 0 Å². The van der Waals surface area contributed by atoms with Gasteiger partial charge in [-0.25, -0.2) is 0 Å². The van der Waals surface area contributed by atoms with Gasteiger partial charge in [0, 0.05) is 24.2 Å². The molecule has 0 N–H and O–H groups in total. The average Bonchev–Trinajstić information content (AvgIpc) is 2.70. The second kappa shape index (κ2) is 7.27. The fourth-order valence-corrected chi connectivity index (χ4v) is 3.63. The van der Waals surface area contributed by atoms with Crippen molar-refractivity contribution in [3.63, 3.8) is 0 Å². The summed E-state index contributed by atoms with van der Waals surface area (Å²) < 4.78 is 5.59. The van der Waals surface area contributed by atoms with E-state index in [0.29, 0.717) is 17.6 Å². The first kappa shape index (κ1) is 17.7. The highest BCUT2D eigenvalue weighted by Crippen LogP contribution is 2.35. The molecule has 2 heterocycles. The number of nitrogens with zero attached hydrogens (tertiary/aromatic N) is 2. The molecular formula is C16H21ClN2O4. The van der Waals surface area contributed by atoms with E-state index in [0.717, 1.165) is 12.8 Å². The number of nitro benzene ring substituents is 1. The van der Waals surface area contributed by atoms with Crippen LogP contribution in [0.5, 0.6) is 0 Å². The third kappa shape index (κ3) is 4.00. The topological polar surface area (TPSA) is 72.7 Å². The second-order valence-corrected chi connectivity index (χ2v) is 6.24. The molecule has 2 atom stereocenters. The molecule has 2 unspecified atom stereocenters. The van der Waals surface area contributed by atoms with Crippen LogP contribution in [-0.2, 0) is 16.0 Å². The van der Waals surface area contributed by atoms with Crippen molar-refractivity contribution in [1.82, 2.24) is 4.90 Å². The SMILES string of the molecule is CN1C2CCC1CC(OC(=O)Cc1cccc([N+](=O)[O-])c1)C2.Cl. The molecular weight excluding hydrogens is 320 g/mol. The Hall–Kier alpha value is -1.66. The van der Waals surface area contributed by atoms with Gasteiger partial charge >= 0.3 is 5.97 Å². The number of piperidine rings is 1. The number of carbonyl (C=O) groups excluding carboxylic acids is 1. The lowest BCUT2D eigenvalue weighted by Crippen LogP contribution is -2.43. The average molecular weight is 341 g/mol. The normalized spacial score (nSPS) is 26.4. The van der Waals surface area contributed by atoms with Gasteiger partial charge in [-0.15, -0.1) is 12.4 Å². The molecule has 2 bridgehead atoms. The lowest BCUT2D eigenvalue weighted by atomic mass is 10.0. The highest BCUT2D eigenvalue weighted by atomic mass is 35.5. The van der Waals surface area contributed by atoms with Crippen molar-refractivity contribution >= 4 is 24.1 Å². The van der Waals surface area contributed by atoms with Crippen molar-refractivity contribution in [3.05, 3.63) is 39.9 Å². The van der Waals surface area contributed by atoms with E-state index < -0.39 is 4.92 Å². The van der Waals surface area contributed by atoms with E-state index in [1.165, 1.54) is 25.0 Å². The molecule has 2 saturated heterocycles. The van der Waals surface area contributed by atoms with Crippen LogP contribution in [0.1, 0.15) is 31.2 Å². The first-order chi connectivity index (χ1) is 10.5. The van der Waals surface area contributed by atoms with Crippen LogP contribution >= 0.6 is 12.4 Å². The smallest absolute Gasteiger partial charge is 0.310 e. The van der Waals surface area contributed by atoms with E-state index in [-0.39, 0.29) is 36.6 Å². The minimum absolute atomic E-state index is 0. The maximum absolute atomic E-state index is 12.1. The van der Waals surface area contributed by atoms with Crippen molar-refractivity contribution in [3.8, 4) is 0 Å². The molecule has 23 heavy (non-hydrogen) atoms. The third-order valence-corrected chi connectivity index (χ3v) is 4.82. The zero-order valence-electron chi connectivity index (χ0n) is 13.0. The quantitative estimate of drug-likeness (QED) is 0.478. The summed E-state index contributed by atoms with van der Waals surface area (Å²) in [5.41, 5.74) is 0.623. The third-order valence-electron chi connectivity index (χ3n) is 4.82. The summed E-state index contributed by atoms with van der Waals surface area (Å²) in [6, 6.07) is 7.20. The number of carbonyl (C=O) groups is 1. The number of rotatable bonds is 4.